The van der Waals surface area contributed by atoms with Crippen LogP contribution in [0.3, 0.4) is 0 Å². The zero-order chi connectivity index (χ0) is 27.2. The summed E-state index contributed by atoms with van der Waals surface area (Å²) in [6, 6.07) is 14.5. The van der Waals surface area contributed by atoms with Crippen LogP contribution in [-0.2, 0) is 28.0 Å². The summed E-state index contributed by atoms with van der Waals surface area (Å²) in [5, 5.41) is 10.3. The molecule has 200 valence electrons. The van der Waals surface area contributed by atoms with Crippen molar-refractivity contribution in [2.75, 3.05) is 7.11 Å². The van der Waals surface area contributed by atoms with Gasteiger partial charge in [-0.2, -0.15) is 0 Å². The minimum atomic E-state index is -0.687. The number of methoxy groups -OCH3 is 1. The predicted molar refractivity (Wildman–Crippen MR) is 150 cm³/mol. The van der Waals surface area contributed by atoms with Crippen LogP contribution in [-0.4, -0.2) is 23.2 Å². The number of nitrogens with zero attached hydrogens (tertiary/aromatic N) is 1. The van der Waals surface area contributed by atoms with E-state index in [0.29, 0.717) is 11.6 Å². The quantitative estimate of drug-likeness (QED) is 0.337. The molecule has 1 spiro atoms. The third-order valence-corrected chi connectivity index (χ3v) is 8.47. The van der Waals surface area contributed by atoms with E-state index in [1.807, 2.05) is 19.1 Å². The first kappa shape index (κ1) is 26.7. The number of pyridine rings is 1. The number of hydrogen-bond acceptors (Lipinski definition) is 4. The number of rotatable bonds is 7. The summed E-state index contributed by atoms with van der Waals surface area (Å²) < 4.78 is 12.3. The van der Waals surface area contributed by atoms with Crippen LogP contribution >= 0.6 is 11.6 Å². The van der Waals surface area contributed by atoms with Gasteiger partial charge < -0.3 is 14.6 Å². The van der Waals surface area contributed by atoms with Gasteiger partial charge >= 0.3 is 5.97 Å². The smallest absolute Gasteiger partial charge is 0.307 e. The molecule has 3 atom stereocenters. The van der Waals surface area contributed by atoms with Gasteiger partial charge in [-0.25, -0.2) is 0 Å². The van der Waals surface area contributed by atoms with Crippen LogP contribution < -0.4 is 4.74 Å². The van der Waals surface area contributed by atoms with E-state index in [0.717, 1.165) is 59.4 Å². The minimum absolute atomic E-state index is 0.144. The normalized spacial score (nSPS) is 21.2. The van der Waals surface area contributed by atoms with Crippen molar-refractivity contribution in [3.8, 4) is 16.9 Å². The lowest BCUT2D eigenvalue weighted by Gasteiger charge is -2.32. The Morgan fingerprint density at radius 3 is 2.66 bits per heavy atom. The third kappa shape index (κ3) is 4.94. The molecule has 0 aliphatic heterocycles. The van der Waals surface area contributed by atoms with Crippen LogP contribution in [0, 0.1) is 18.3 Å². The topological polar surface area (TPSA) is 68.7 Å². The van der Waals surface area contributed by atoms with Gasteiger partial charge in [-0.05, 0) is 90.1 Å². The summed E-state index contributed by atoms with van der Waals surface area (Å²) in [7, 11) is 1.74. The van der Waals surface area contributed by atoms with E-state index in [-0.39, 0.29) is 22.9 Å². The molecule has 5 rings (SSSR count). The van der Waals surface area contributed by atoms with Crippen LogP contribution in [0.2, 0.25) is 5.02 Å². The fourth-order valence-corrected chi connectivity index (χ4v) is 6.49. The molecule has 0 radical (unpaired) electrons. The van der Waals surface area contributed by atoms with Gasteiger partial charge in [-0.15, -0.1) is 0 Å². The SMILES string of the molecule is CO[C@H](c1cc(COc2ccc3c(c2)[C@@]2(CCC3)C[C@@H]2C(=O)O)ccc1-c1cc(C)ncc1Cl)C(C)(C)C. The number of carboxylic acid groups (broad SMARTS) is 1. The predicted octanol–water partition coefficient (Wildman–Crippen LogP) is 7.70. The van der Waals surface area contributed by atoms with Gasteiger partial charge in [0.25, 0.3) is 0 Å². The van der Waals surface area contributed by atoms with E-state index in [1.54, 1.807) is 13.3 Å². The Labute approximate surface area is 230 Å². The Balaban J connectivity index is 1.46. The van der Waals surface area contributed by atoms with Crippen molar-refractivity contribution in [1.82, 2.24) is 4.98 Å². The van der Waals surface area contributed by atoms with Crippen molar-refractivity contribution in [1.29, 1.82) is 0 Å². The molecule has 38 heavy (non-hydrogen) atoms. The van der Waals surface area contributed by atoms with Crippen molar-refractivity contribution in [2.45, 2.75) is 71.5 Å². The number of aromatic nitrogens is 1. The van der Waals surface area contributed by atoms with Gasteiger partial charge in [0.2, 0.25) is 0 Å². The standard InChI is InChI=1S/C32H36ClNO4/c1-19-13-24(28(33)17-34-19)23-11-8-20(14-25(23)29(37-5)31(2,3)4)18-38-22-10-9-21-7-6-12-32(26(21)15-22)16-27(32)30(35)36/h8-11,13-15,17,27,29H,6-7,12,16,18H2,1-5H3,(H,35,36)/t27-,29-,32-/m1/s1. The van der Waals surface area contributed by atoms with Crippen molar-refractivity contribution in [2.24, 2.45) is 11.3 Å². The highest BCUT2D eigenvalue weighted by Crippen LogP contribution is 2.60. The summed E-state index contributed by atoms with van der Waals surface area (Å²) in [5.74, 6) is -0.189. The maximum absolute atomic E-state index is 11.7. The molecule has 0 unspecified atom stereocenters. The van der Waals surface area contributed by atoms with E-state index < -0.39 is 5.97 Å². The van der Waals surface area contributed by atoms with Crippen molar-refractivity contribution < 1.29 is 19.4 Å². The largest absolute Gasteiger partial charge is 0.489 e. The maximum Gasteiger partial charge on any atom is 0.307 e. The third-order valence-electron chi connectivity index (χ3n) is 8.17. The van der Waals surface area contributed by atoms with Crippen LogP contribution in [0.25, 0.3) is 11.1 Å². The molecule has 0 amide bonds. The molecule has 2 aliphatic rings. The lowest BCUT2D eigenvalue weighted by Crippen LogP contribution is -2.21. The summed E-state index contributed by atoms with van der Waals surface area (Å²) in [6.45, 7) is 8.85. The van der Waals surface area contributed by atoms with Gasteiger partial charge in [0.05, 0.1) is 17.0 Å². The van der Waals surface area contributed by atoms with Crippen molar-refractivity contribution >= 4 is 17.6 Å². The van der Waals surface area contributed by atoms with Crippen molar-refractivity contribution in [3.63, 3.8) is 0 Å². The zero-order valence-electron chi connectivity index (χ0n) is 22.8. The number of carbonyl (C=O) groups is 1. The number of benzene rings is 2. The average molecular weight is 534 g/mol. The Morgan fingerprint density at radius 2 is 1.97 bits per heavy atom. The highest BCUT2D eigenvalue weighted by atomic mass is 35.5. The van der Waals surface area contributed by atoms with E-state index >= 15 is 0 Å². The highest BCUT2D eigenvalue weighted by Gasteiger charge is 2.60. The zero-order valence-corrected chi connectivity index (χ0v) is 23.6. The summed E-state index contributed by atoms with van der Waals surface area (Å²) in [5.41, 5.74) is 7.01. The average Bonchev–Trinajstić information content (AvgIpc) is 3.59. The fraction of sp³-hybridized carbons (Fsp3) is 0.438. The highest BCUT2D eigenvalue weighted by molar-refractivity contribution is 6.33. The number of ether oxygens (including phenoxy) is 2. The second-order valence-electron chi connectivity index (χ2n) is 11.9. The Kier molecular flexibility index (Phi) is 7.04. The Bertz CT molecular complexity index is 1380. The molecular weight excluding hydrogens is 498 g/mol. The molecule has 1 fully saturated rings. The summed E-state index contributed by atoms with van der Waals surface area (Å²) >= 11 is 6.60. The van der Waals surface area contributed by atoms with Crippen LogP contribution in [0.5, 0.6) is 5.75 Å². The number of hydrogen-bond donors (Lipinski definition) is 1. The van der Waals surface area contributed by atoms with Gasteiger partial charge in [0.1, 0.15) is 12.4 Å². The van der Waals surface area contributed by atoms with E-state index in [9.17, 15) is 9.90 Å². The lowest BCUT2D eigenvalue weighted by atomic mass is 9.78. The Hall–Kier alpha value is -2.89. The fourth-order valence-electron chi connectivity index (χ4n) is 6.29. The second kappa shape index (κ2) is 10.0. The first-order chi connectivity index (χ1) is 18.0. The molecule has 1 aromatic heterocycles. The van der Waals surface area contributed by atoms with E-state index in [4.69, 9.17) is 21.1 Å². The first-order valence-corrected chi connectivity index (χ1v) is 13.7. The first-order valence-electron chi connectivity index (χ1n) is 13.3. The van der Waals surface area contributed by atoms with Crippen LogP contribution in [0.15, 0.2) is 48.7 Å². The molecule has 1 heterocycles. The molecule has 1 saturated carbocycles. The number of halogens is 1. The lowest BCUT2D eigenvalue weighted by molar-refractivity contribution is -0.139. The number of fused-ring (bicyclic) bond motifs is 2. The molecule has 2 aliphatic carbocycles. The van der Waals surface area contributed by atoms with E-state index in [2.05, 4.69) is 56.1 Å². The minimum Gasteiger partial charge on any atom is -0.489 e. The second-order valence-corrected chi connectivity index (χ2v) is 12.3. The Morgan fingerprint density at radius 1 is 1.18 bits per heavy atom. The maximum atomic E-state index is 11.7. The number of aryl methyl sites for hydroxylation is 2. The van der Waals surface area contributed by atoms with Gasteiger partial charge in [0.15, 0.2) is 0 Å². The molecule has 0 saturated heterocycles. The van der Waals surface area contributed by atoms with Crippen molar-refractivity contribution in [3.05, 3.63) is 81.6 Å². The number of aliphatic carboxylic acids is 1. The molecule has 5 nitrogen and oxygen atoms in total. The monoisotopic (exact) mass is 533 g/mol. The van der Waals surface area contributed by atoms with Crippen LogP contribution in [0.4, 0.5) is 0 Å². The van der Waals surface area contributed by atoms with Gasteiger partial charge in [0, 0.05) is 30.0 Å². The van der Waals surface area contributed by atoms with Crippen LogP contribution in [0.1, 0.15) is 74.1 Å². The number of carboxylic acids is 1. The molecular formula is C32H36ClNO4. The summed E-state index contributed by atoms with van der Waals surface area (Å²) in [4.78, 5) is 16.1. The molecule has 0 bridgehead atoms. The molecule has 1 N–H and O–H groups in total. The molecule has 6 heteroatoms. The molecule has 2 aromatic carbocycles. The van der Waals surface area contributed by atoms with Gasteiger partial charge in [-0.1, -0.05) is 50.6 Å². The summed E-state index contributed by atoms with van der Waals surface area (Å²) in [6.07, 6.45) is 5.25. The molecule has 3 aromatic rings. The van der Waals surface area contributed by atoms with E-state index in [1.165, 1.54) is 11.1 Å². The van der Waals surface area contributed by atoms with Gasteiger partial charge in [-0.3, -0.25) is 9.78 Å².